The van der Waals surface area contributed by atoms with Crippen LogP contribution in [0.3, 0.4) is 0 Å². The molecule has 3 rings (SSSR count). The molecule has 9 heteroatoms. The van der Waals surface area contributed by atoms with Gasteiger partial charge in [-0.25, -0.2) is 12.8 Å². The molecule has 0 saturated heterocycles. The first-order chi connectivity index (χ1) is 15.6. The molecule has 0 fully saturated rings. The third-order valence-electron chi connectivity index (χ3n) is 5.16. The van der Waals surface area contributed by atoms with E-state index in [9.17, 15) is 17.6 Å². The van der Waals surface area contributed by atoms with Crippen molar-refractivity contribution >= 4 is 27.3 Å². The number of halogens is 1. The van der Waals surface area contributed by atoms with Crippen LogP contribution in [0, 0.1) is 12.7 Å². The number of hydrogen-bond acceptors (Lipinski definition) is 5. The van der Waals surface area contributed by atoms with Crippen molar-refractivity contribution in [3.63, 3.8) is 0 Å². The average molecular weight is 473 g/mol. The first-order valence-corrected chi connectivity index (χ1v) is 11.8. The zero-order chi connectivity index (χ0) is 24.3. The summed E-state index contributed by atoms with van der Waals surface area (Å²) in [5.41, 5.74) is 2.17. The summed E-state index contributed by atoms with van der Waals surface area (Å²) in [5.74, 6) is -0.369. The van der Waals surface area contributed by atoms with E-state index in [1.165, 1.54) is 39.5 Å². The second-order valence-corrected chi connectivity index (χ2v) is 9.45. The summed E-state index contributed by atoms with van der Waals surface area (Å²) >= 11 is 0. The summed E-state index contributed by atoms with van der Waals surface area (Å²) in [7, 11) is 0.615. The highest BCUT2D eigenvalue weighted by Gasteiger charge is 2.22. The van der Waals surface area contributed by atoms with Crippen LogP contribution in [0.2, 0.25) is 0 Å². The Kier molecular flexibility index (Phi) is 6.92. The molecule has 3 aromatic rings. The Balaban J connectivity index is 2.12. The van der Waals surface area contributed by atoms with E-state index >= 15 is 0 Å². The highest BCUT2D eigenvalue weighted by Crippen LogP contribution is 2.35. The third kappa shape index (κ3) is 5.09. The molecule has 33 heavy (non-hydrogen) atoms. The predicted molar refractivity (Wildman–Crippen MR) is 127 cm³/mol. The van der Waals surface area contributed by atoms with Crippen molar-refractivity contribution in [2.75, 3.05) is 37.1 Å². The number of benzene rings is 3. The van der Waals surface area contributed by atoms with Gasteiger partial charge in [0.05, 0.1) is 37.4 Å². The highest BCUT2D eigenvalue weighted by atomic mass is 32.2. The average Bonchev–Trinajstić information content (AvgIpc) is 2.77. The third-order valence-corrected chi connectivity index (χ3v) is 6.36. The van der Waals surface area contributed by atoms with Gasteiger partial charge in [-0.2, -0.15) is 0 Å². The smallest absolute Gasteiger partial charge is 0.259 e. The van der Waals surface area contributed by atoms with Gasteiger partial charge in [-0.05, 0) is 48.4 Å². The number of rotatable bonds is 7. The maximum atomic E-state index is 14.6. The number of methoxy groups -OCH3 is 2. The number of anilines is 2. The number of aryl methyl sites for hydroxylation is 1. The van der Waals surface area contributed by atoms with Gasteiger partial charge < -0.3 is 14.8 Å². The predicted octanol–water partition coefficient (Wildman–Crippen LogP) is 4.47. The fourth-order valence-electron chi connectivity index (χ4n) is 3.37. The van der Waals surface area contributed by atoms with Gasteiger partial charge in [0.25, 0.3) is 5.91 Å². The van der Waals surface area contributed by atoms with Crippen LogP contribution in [0.1, 0.15) is 15.9 Å². The van der Waals surface area contributed by atoms with Gasteiger partial charge in [0.2, 0.25) is 10.0 Å². The van der Waals surface area contributed by atoms with E-state index in [1.54, 1.807) is 43.3 Å². The van der Waals surface area contributed by atoms with Gasteiger partial charge in [-0.15, -0.1) is 0 Å². The van der Waals surface area contributed by atoms with Crippen molar-refractivity contribution in [3.8, 4) is 22.6 Å². The molecule has 7 nitrogen and oxygen atoms in total. The summed E-state index contributed by atoms with van der Waals surface area (Å²) in [5, 5.41) is 2.74. The fourth-order valence-corrected chi connectivity index (χ4v) is 3.88. The Bertz CT molecular complexity index is 1310. The monoisotopic (exact) mass is 472 g/mol. The van der Waals surface area contributed by atoms with Crippen molar-refractivity contribution < 1.29 is 27.1 Å². The van der Waals surface area contributed by atoms with E-state index in [-0.39, 0.29) is 22.7 Å². The largest absolute Gasteiger partial charge is 0.493 e. The second-order valence-electron chi connectivity index (χ2n) is 7.44. The molecular formula is C24H25FN2O5S. The Morgan fingerprint density at radius 2 is 1.76 bits per heavy atom. The van der Waals surface area contributed by atoms with E-state index in [4.69, 9.17) is 9.47 Å². The van der Waals surface area contributed by atoms with Gasteiger partial charge in [-0.1, -0.05) is 24.3 Å². The Labute approximate surface area is 192 Å². The van der Waals surface area contributed by atoms with Crippen LogP contribution in [-0.4, -0.2) is 41.8 Å². The SMILES string of the molecule is COc1cccc(C(=O)Nc2cc(-c3ccc(C)cc3F)ccc2N(C)S(C)(=O)=O)c1OC. The van der Waals surface area contributed by atoms with E-state index in [0.717, 1.165) is 16.1 Å². The molecule has 0 bridgehead atoms. The van der Waals surface area contributed by atoms with Gasteiger partial charge in [0, 0.05) is 12.6 Å². The van der Waals surface area contributed by atoms with Crippen molar-refractivity contribution in [3.05, 3.63) is 71.5 Å². The van der Waals surface area contributed by atoms with Crippen LogP contribution in [0.4, 0.5) is 15.8 Å². The number of nitrogens with zero attached hydrogens (tertiary/aromatic N) is 1. The number of ether oxygens (including phenoxy) is 2. The van der Waals surface area contributed by atoms with Crippen LogP contribution in [0.5, 0.6) is 11.5 Å². The molecule has 0 unspecified atom stereocenters. The van der Waals surface area contributed by atoms with Crippen molar-refractivity contribution in [2.24, 2.45) is 0 Å². The minimum absolute atomic E-state index is 0.190. The fraction of sp³-hybridized carbons (Fsp3) is 0.208. The van der Waals surface area contributed by atoms with E-state index in [1.807, 2.05) is 0 Å². The van der Waals surface area contributed by atoms with Crippen LogP contribution < -0.4 is 19.1 Å². The molecule has 0 saturated carbocycles. The van der Waals surface area contributed by atoms with Crippen LogP contribution >= 0.6 is 0 Å². The Hall–Kier alpha value is -3.59. The number of amides is 1. The number of sulfonamides is 1. The number of carbonyl (C=O) groups excluding carboxylic acids is 1. The number of para-hydroxylation sites is 1. The molecule has 1 amide bonds. The van der Waals surface area contributed by atoms with E-state index in [0.29, 0.717) is 16.9 Å². The summed E-state index contributed by atoms with van der Waals surface area (Å²) in [4.78, 5) is 13.2. The van der Waals surface area contributed by atoms with Crippen molar-refractivity contribution in [1.82, 2.24) is 0 Å². The molecule has 0 aliphatic rings. The number of hydrogen-bond donors (Lipinski definition) is 1. The van der Waals surface area contributed by atoms with Crippen LogP contribution in [0.15, 0.2) is 54.6 Å². The summed E-state index contributed by atoms with van der Waals surface area (Å²) in [6.07, 6.45) is 1.05. The second kappa shape index (κ2) is 9.50. The zero-order valence-corrected chi connectivity index (χ0v) is 19.8. The molecule has 0 aromatic heterocycles. The van der Waals surface area contributed by atoms with Crippen LogP contribution in [-0.2, 0) is 10.0 Å². The number of carbonyl (C=O) groups is 1. The lowest BCUT2D eigenvalue weighted by molar-refractivity contribution is 0.102. The normalized spacial score (nSPS) is 11.1. The summed E-state index contributed by atoms with van der Waals surface area (Å²) in [6.45, 7) is 1.78. The maximum Gasteiger partial charge on any atom is 0.259 e. The van der Waals surface area contributed by atoms with Crippen molar-refractivity contribution in [2.45, 2.75) is 6.92 Å². The first-order valence-electron chi connectivity index (χ1n) is 9.93. The van der Waals surface area contributed by atoms with Gasteiger partial charge in [0.1, 0.15) is 5.82 Å². The molecular weight excluding hydrogens is 447 g/mol. The minimum Gasteiger partial charge on any atom is -0.493 e. The molecule has 0 heterocycles. The molecule has 0 aliphatic heterocycles. The van der Waals surface area contributed by atoms with E-state index in [2.05, 4.69) is 5.32 Å². The lowest BCUT2D eigenvalue weighted by Gasteiger charge is -2.22. The maximum absolute atomic E-state index is 14.6. The quantitative estimate of drug-likeness (QED) is 0.549. The van der Waals surface area contributed by atoms with Gasteiger partial charge >= 0.3 is 0 Å². The summed E-state index contributed by atoms with van der Waals surface area (Å²) in [6, 6.07) is 14.3. The highest BCUT2D eigenvalue weighted by molar-refractivity contribution is 7.92. The van der Waals surface area contributed by atoms with Gasteiger partial charge in [-0.3, -0.25) is 9.10 Å². The van der Waals surface area contributed by atoms with Crippen molar-refractivity contribution in [1.29, 1.82) is 0 Å². The Morgan fingerprint density at radius 3 is 2.36 bits per heavy atom. The molecule has 1 N–H and O–H groups in total. The summed E-state index contributed by atoms with van der Waals surface area (Å²) < 4.78 is 50.6. The standard InChI is InChI=1S/C24H25FN2O5S/c1-15-9-11-17(19(25)13-15)16-10-12-21(27(2)33(5,29)30)20(14-16)26-24(28)18-7-6-8-22(31-3)23(18)32-4/h6-14H,1-5H3,(H,26,28). The minimum atomic E-state index is -3.63. The molecule has 0 aliphatic carbocycles. The Morgan fingerprint density at radius 1 is 1.03 bits per heavy atom. The van der Waals surface area contributed by atoms with Gasteiger partial charge in [0.15, 0.2) is 11.5 Å². The van der Waals surface area contributed by atoms with Crippen LogP contribution in [0.25, 0.3) is 11.1 Å². The molecule has 0 atom stereocenters. The zero-order valence-electron chi connectivity index (χ0n) is 19.0. The molecule has 3 aromatic carbocycles. The molecule has 0 spiro atoms. The van der Waals surface area contributed by atoms with E-state index < -0.39 is 21.7 Å². The first kappa shape index (κ1) is 24.1. The topological polar surface area (TPSA) is 84.9 Å². The lowest BCUT2D eigenvalue weighted by atomic mass is 10.0. The lowest BCUT2D eigenvalue weighted by Crippen LogP contribution is -2.26. The molecule has 174 valence electrons. The molecule has 0 radical (unpaired) electrons. The number of nitrogens with one attached hydrogen (secondary N) is 1.